The van der Waals surface area contributed by atoms with Crippen LogP contribution < -0.4 is 10.2 Å². The third-order valence-corrected chi connectivity index (χ3v) is 4.77. The fourth-order valence-corrected chi connectivity index (χ4v) is 3.42. The van der Waals surface area contributed by atoms with Crippen LogP contribution in [0.2, 0.25) is 0 Å². The zero-order valence-corrected chi connectivity index (χ0v) is 14.7. The summed E-state index contributed by atoms with van der Waals surface area (Å²) < 4.78 is 11.6. The fraction of sp³-hybridized carbons (Fsp3) is 0.421. The summed E-state index contributed by atoms with van der Waals surface area (Å²) in [5.41, 5.74) is 1.52. The van der Waals surface area contributed by atoms with Crippen LogP contribution in [0.15, 0.2) is 30.3 Å². The van der Waals surface area contributed by atoms with Gasteiger partial charge >= 0.3 is 0 Å². The van der Waals surface area contributed by atoms with E-state index in [-0.39, 0.29) is 5.79 Å². The van der Waals surface area contributed by atoms with Gasteiger partial charge in [0, 0.05) is 37.7 Å². The van der Waals surface area contributed by atoms with E-state index in [1.807, 2.05) is 25.1 Å². The Morgan fingerprint density at radius 1 is 1.12 bits per heavy atom. The normalized spacial score (nSPS) is 18.7. The standard InChI is InChI=1S/C19H21N5O2/c1-14-21-17(23-16-4-2-15(13-20)3-5-16)12-18(22-14)24-8-6-19(7-9-24)25-10-11-26-19/h2-5,12H,6-11H2,1H3,(H,21,22,23). The number of rotatable bonds is 3. The second-order valence-electron chi connectivity index (χ2n) is 6.57. The molecule has 1 N–H and O–H groups in total. The van der Waals surface area contributed by atoms with Gasteiger partial charge in [-0.05, 0) is 31.2 Å². The van der Waals surface area contributed by atoms with E-state index in [2.05, 4.69) is 26.3 Å². The van der Waals surface area contributed by atoms with Crippen LogP contribution in [0, 0.1) is 18.3 Å². The highest BCUT2D eigenvalue weighted by Crippen LogP contribution is 2.33. The number of hydrogen-bond acceptors (Lipinski definition) is 7. The van der Waals surface area contributed by atoms with E-state index in [1.165, 1.54) is 0 Å². The molecule has 7 heteroatoms. The van der Waals surface area contributed by atoms with Crippen LogP contribution in [-0.2, 0) is 9.47 Å². The Balaban J connectivity index is 1.48. The molecule has 26 heavy (non-hydrogen) atoms. The lowest BCUT2D eigenvalue weighted by Gasteiger charge is -2.38. The van der Waals surface area contributed by atoms with Crippen LogP contribution in [0.25, 0.3) is 0 Å². The van der Waals surface area contributed by atoms with E-state index in [1.54, 1.807) is 12.1 Å². The van der Waals surface area contributed by atoms with E-state index < -0.39 is 0 Å². The van der Waals surface area contributed by atoms with Crippen molar-refractivity contribution in [1.82, 2.24) is 9.97 Å². The molecule has 2 fully saturated rings. The summed E-state index contributed by atoms with van der Waals surface area (Å²) in [4.78, 5) is 11.3. The topological polar surface area (TPSA) is 83.3 Å². The maximum atomic E-state index is 8.90. The number of ether oxygens (including phenoxy) is 2. The lowest BCUT2D eigenvalue weighted by molar-refractivity contribution is -0.169. The minimum Gasteiger partial charge on any atom is -0.356 e. The first kappa shape index (κ1) is 16.8. The summed E-state index contributed by atoms with van der Waals surface area (Å²) in [6.45, 7) is 4.94. The summed E-state index contributed by atoms with van der Waals surface area (Å²) in [7, 11) is 0. The second kappa shape index (κ2) is 6.90. The molecule has 2 aliphatic rings. The van der Waals surface area contributed by atoms with Crippen LogP contribution >= 0.6 is 0 Å². The highest BCUT2D eigenvalue weighted by atomic mass is 16.7. The van der Waals surface area contributed by atoms with Crippen molar-refractivity contribution in [2.45, 2.75) is 25.6 Å². The third-order valence-electron chi connectivity index (χ3n) is 4.77. The first-order valence-corrected chi connectivity index (χ1v) is 8.82. The molecule has 0 atom stereocenters. The minimum atomic E-state index is -0.387. The Hall–Kier alpha value is -2.69. The quantitative estimate of drug-likeness (QED) is 0.910. The Bertz CT molecular complexity index is 815. The van der Waals surface area contributed by atoms with Crippen molar-refractivity contribution >= 4 is 17.3 Å². The van der Waals surface area contributed by atoms with E-state index in [9.17, 15) is 0 Å². The Kier molecular flexibility index (Phi) is 4.45. The van der Waals surface area contributed by atoms with E-state index in [0.717, 1.165) is 43.3 Å². The number of aryl methyl sites for hydroxylation is 1. The van der Waals surface area contributed by atoms with Gasteiger partial charge in [-0.1, -0.05) is 0 Å². The van der Waals surface area contributed by atoms with Crippen LogP contribution in [0.5, 0.6) is 0 Å². The lowest BCUT2D eigenvalue weighted by Crippen LogP contribution is -2.45. The molecule has 7 nitrogen and oxygen atoms in total. The Morgan fingerprint density at radius 2 is 1.81 bits per heavy atom. The molecule has 1 aromatic heterocycles. The number of benzene rings is 1. The number of nitriles is 1. The van der Waals surface area contributed by atoms with Gasteiger partial charge in [0.25, 0.3) is 0 Å². The van der Waals surface area contributed by atoms with Crippen molar-refractivity contribution in [1.29, 1.82) is 5.26 Å². The number of aromatic nitrogens is 2. The lowest BCUT2D eigenvalue weighted by atomic mass is 10.0. The van der Waals surface area contributed by atoms with Crippen LogP contribution in [0.1, 0.15) is 24.2 Å². The van der Waals surface area contributed by atoms with Crippen LogP contribution in [0.3, 0.4) is 0 Å². The van der Waals surface area contributed by atoms with Gasteiger partial charge in [-0.2, -0.15) is 5.26 Å². The molecule has 2 aliphatic heterocycles. The molecule has 1 aromatic carbocycles. The number of anilines is 3. The fourth-order valence-electron chi connectivity index (χ4n) is 3.42. The molecule has 3 heterocycles. The molecule has 0 radical (unpaired) electrons. The average Bonchev–Trinajstić information content (AvgIpc) is 3.10. The summed E-state index contributed by atoms with van der Waals surface area (Å²) >= 11 is 0. The molecule has 0 unspecified atom stereocenters. The maximum Gasteiger partial charge on any atom is 0.171 e. The van der Waals surface area contributed by atoms with Crippen LogP contribution in [0.4, 0.5) is 17.3 Å². The number of piperidine rings is 1. The monoisotopic (exact) mass is 351 g/mol. The van der Waals surface area contributed by atoms with Gasteiger partial charge in [-0.15, -0.1) is 0 Å². The first-order valence-electron chi connectivity index (χ1n) is 8.82. The van der Waals surface area contributed by atoms with Gasteiger partial charge in [0.1, 0.15) is 17.5 Å². The van der Waals surface area contributed by atoms with Gasteiger partial charge in [0.2, 0.25) is 0 Å². The van der Waals surface area contributed by atoms with Crippen molar-refractivity contribution in [3.8, 4) is 6.07 Å². The molecule has 0 bridgehead atoms. The summed E-state index contributed by atoms with van der Waals surface area (Å²) in [5.74, 6) is 1.97. The second-order valence-corrected chi connectivity index (χ2v) is 6.57. The smallest absolute Gasteiger partial charge is 0.171 e. The molecule has 0 aliphatic carbocycles. The van der Waals surface area contributed by atoms with Gasteiger partial charge in [-0.3, -0.25) is 0 Å². The number of hydrogen-bond donors (Lipinski definition) is 1. The summed E-state index contributed by atoms with van der Waals surface area (Å²) in [6, 6.07) is 11.4. The summed E-state index contributed by atoms with van der Waals surface area (Å²) in [5, 5.41) is 12.2. The van der Waals surface area contributed by atoms with Crippen LogP contribution in [-0.4, -0.2) is 42.1 Å². The summed E-state index contributed by atoms with van der Waals surface area (Å²) in [6.07, 6.45) is 1.68. The Labute approximate surface area is 152 Å². The predicted octanol–water partition coefficient (Wildman–Crippen LogP) is 2.74. The van der Waals surface area contributed by atoms with Crippen molar-refractivity contribution in [2.24, 2.45) is 0 Å². The maximum absolute atomic E-state index is 8.90. The highest BCUT2D eigenvalue weighted by Gasteiger charge is 2.40. The number of nitrogens with one attached hydrogen (secondary N) is 1. The third kappa shape index (κ3) is 3.47. The molecule has 2 saturated heterocycles. The molecule has 4 rings (SSSR count). The molecular formula is C19H21N5O2. The molecular weight excluding hydrogens is 330 g/mol. The van der Waals surface area contributed by atoms with Gasteiger partial charge in [-0.25, -0.2) is 9.97 Å². The first-order chi connectivity index (χ1) is 12.7. The van der Waals surface area contributed by atoms with Gasteiger partial charge in [0.05, 0.1) is 24.8 Å². The van der Waals surface area contributed by atoms with E-state index >= 15 is 0 Å². The molecule has 2 aromatic rings. The van der Waals surface area contributed by atoms with Crippen molar-refractivity contribution in [3.05, 3.63) is 41.7 Å². The highest BCUT2D eigenvalue weighted by molar-refractivity contribution is 5.60. The molecule has 0 amide bonds. The zero-order chi connectivity index (χ0) is 18.0. The van der Waals surface area contributed by atoms with Crippen molar-refractivity contribution in [3.63, 3.8) is 0 Å². The zero-order valence-electron chi connectivity index (χ0n) is 14.7. The van der Waals surface area contributed by atoms with Crippen molar-refractivity contribution in [2.75, 3.05) is 36.5 Å². The van der Waals surface area contributed by atoms with E-state index in [4.69, 9.17) is 14.7 Å². The van der Waals surface area contributed by atoms with Gasteiger partial charge in [0.15, 0.2) is 5.79 Å². The van der Waals surface area contributed by atoms with E-state index in [0.29, 0.717) is 24.6 Å². The number of nitrogens with zero attached hydrogens (tertiary/aromatic N) is 4. The van der Waals surface area contributed by atoms with Gasteiger partial charge < -0.3 is 19.7 Å². The average molecular weight is 351 g/mol. The molecule has 0 saturated carbocycles. The Morgan fingerprint density at radius 3 is 2.46 bits per heavy atom. The predicted molar refractivity (Wildman–Crippen MR) is 97.3 cm³/mol. The SMILES string of the molecule is Cc1nc(Nc2ccc(C#N)cc2)cc(N2CCC3(CC2)OCCO3)n1. The largest absolute Gasteiger partial charge is 0.356 e. The molecule has 1 spiro atoms. The molecule has 134 valence electrons. The van der Waals surface area contributed by atoms with Crippen molar-refractivity contribution < 1.29 is 9.47 Å². The minimum absolute atomic E-state index is 0.387.